The van der Waals surface area contributed by atoms with Gasteiger partial charge in [0.25, 0.3) is 0 Å². The first-order chi connectivity index (χ1) is 8.83. The highest BCUT2D eigenvalue weighted by Crippen LogP contribution is 2.32. The highest BCUT2D eigenvalue weighted by Gasteiger charge is 2.24. The van der Waals surface area contributed by atoms with Crippen LogP contribution in [0.1, 0.15) is 42.7 Å². The molecule has 1 saturated heterocycles. The Morgan fingerprint density at radius 3 is 2.72 bits per heavy atom. The van der Waals surface area contributed by atoms with Gasteiger partial charge in [0.1, 0.15) is 0 Å². The third-order valence-electron chi connectivity index (χ3n) is 4.53. The number of aliphatic hydroxyl groups is 1. The lowest BCUT2D eigenvalue weighted by atomic mass is 9.82. The van der Waals surface area contributed by atoms with E-state index in [1.807, 2.05) is 0 Å². The summed E-state index contributed by atoms with van der Waals surface area (Å²) < 4.78 is 0. The van der Waals surface area contributed by atoms with E-state index >= 15 is 0 Å². The third-order valence-corrected chi connectivity index (χ3v) is 4.53. The molecular formula is C16H23NO. The predicted molar refractivity (Wildman–Crippen MR) is 73.8 cm³/mol. The summed E-state index contributed by atoms with van der Waals surface area (Å²) >= 11 is 0. The molecule has 0 radical (unpaired) electrons. The number of aliphatic hydroxyl groups excluding tert-OH is 1. The molecule has 1 atom stereocenters. The Morgan fingerprint density at radius 1 is 1.11 bits per heavy atom. The zero-order chi connectivity index (χ0) is 12.4. The van der Waals surface area contributed by atoms with Crippen molar-refractivity contribution in [2.24, 2.45) is 0 Å². The molecule has 2 nitrogen and oxygen atoms in total. The summed E-state index contributed by atoms with van der Waals surface area (Å²) in [5.41, 5.74) is 3.14. The summed E-state index contributed by atoms with van der Waals surface area (Å²) in [6.07, 6.45) is 5.77. The fourth-order valence-corrected chi connectivity index (χ4v) is 3.46. The van der Waals surface area contributed by atoms with E-state index in [4.69, 9.17) is 0 Å². The fourth-order valence-electron chi connectivity index (χ4n) is 3.46. The van der Waals surface area contributed by atoms with Crippen LogP contribution in [0.25, 0.3) is 0 Å². The summed E-state index contributed by atoms with van der Waals surface area (Å²) in [7, 11) is 0. The molecule has 1 aromatic rings. The van der Waals surface area contributed by atoms with Crippen LogP contribution in [0.4, 0.5) is 0 Å². The largest absolute Gasteiger partial charge is 0.393 e. The van der Waals surface area contributed by atoms with Crippen LogP contribution in [0, 0.1) is 0 Å². The number of aryl methyl sites for hydroxylation is 1. The summed E-state index contributed by atoms with van der Waals surface area (Å²) in [6, 6.07) is 8.95. The monoisotopic (exact) mass is 245 g/mol. The van der Waals surface area contributed by atoms with E-state index in [-0.39, 0.29) is 6.10 Å². The van der Waals surface area contributed by atoms with Gasteiger partial charge in [-0.2, -0.15) is 0 Å². The van der Waals surface area contributed by atoms with Crippen molar-refractivity contribution in [1.29, 1.82) is 0 Å². The fraction of sp³-hybridized carbons (Fsp3) is 0.625. The summed E-state index contributed by atoms with van der Waals surface area (Å²) in [5, 5.41) is 9.56. The van der Waals surface area contributed by atoms with Gasteiger partial charge in [-0.25, -0.2) is 0 Å². The maximum absolute atomic E-state index is 9.56. The maximum atomic E-state index is 9.56. The molecular weight excluding hydrogens is 222 g/mol. The molecule has 1 fully saturated rings. The minimum atomic E-state index is -0.0557. The van der Waals surface area contributed by atoms with E-state index in [1.165, 1.54) is 25.8 Å². The van der Waals surface area contributed by atoms with Crippen LogP contribution < -0.4 is 0 Å². The van der Waals surface area contributed by atoms with Crippen LogP contribution in [-0.2, 0) is 6.42 Å². The minimum Gasteiger partial charge on any atom is -0.393 e. The standard InChI is InChI=1S/C16H23NO/c18-15-8-10-17(11-9-15)12-14-6-3-5-13-4-1-2-7-16(13)14/h1-2,4,7,14-15,18H,3,5-6,8-12H2/t14-/m0/s1. The molecule has 1 aliphatic heterocycles. The molecule has 0 saturated carbocycles. The van der Waals surface area contributed by atoms with Gasteiger partial charge < -0.3 is 10.0 Å². The Bertz CT molecular complexity index is 396. The van der Waals surface area contributed by atoms with Crippen LogP contribution in [0.15, 0.2) is 24.3 Å². The van der Waals surface area contributed by atoms with Gasteiger partial charge >= 0.3 is 0 Å². The molecule has 18 heavy (non-hydrogen) atoms. The molecule has 0 spiro atoms. The first-order valence-corrected chi connectivity index (χ1v) is 7.31. The Hall–Kier alpha value is -0.860. The minimum absolute atomic E-state index is 0.0557. The zero-order valence-corrected chi connectivity index (χ0v) is 11.0. The van der Waals surface area contributed by atoms with Crippen molar-refractivity contribution >= 4 is 0 Å². The van der Waals surface area contributed by atoms with Gasteiger partial charge in [-0.3, -0.25) is 0 Å². The van der Waals surface area contributed by atoms with Crippen LogP contribution in [0.5, 0.6) is 0 Å². The van der Waals surface area contributed by atoms with Crippen molar-refractivity contribution < 1.29 is 5.11 Å². The molecule has 1 aliphatic carbocycles. The molecule has 98 valence electrons. The van der Waals surface area contributed by atoms with Crippen LogP contribution in [-0.4, -0.2) is 35.7 Å². The molecule has 1 aromatic carbocycles. The topological polar surface area (TPSA) is 23.5 Å². The van der Waals surface area contributed by atoms with Crippen molar-refractivity contribution in [2.45, 2.75) is 44.1 Å². The highest BCUT2D eigenvalue weighted by atomic mass is 16.3. The predicted octanol–water partition coefficient (Wildman–Crippen LogP) is 2.56. The number of fused-ring (bicyclic) bond motifs is 1. The Labute approximate surface area is 110 Å². The zero-order valence-electron chi connectivity index (χ0n) is 11.0. The molecule has 0 aromatic heterocycles. The maximum Gasteiger partial charge on any atom is 0.0564 e. The molecule has 0 bridgehead atoms. The first kappa shape index (κ1) is 12.2. The van der Waals surface area contributed by atoms with E-state index in [2.05, 4.69) is 29.2 Å². The average Bonchev–Trinajstić information content (AvgIpc) is 2.42. The summed E-state index contributed by atoms with van der Waals surface area (Å²) in [5.74, 6) is 0.713. The van der Waals surface area contributed by atoms with E-state index in [0.717, 1.165) is 25.9 Å². The highest BCUT2D eigenvalue weighted by molar-refractivity contribution is 5.32. The van der Waals surface area contributed by atoms with Crippen LogP contribution in [0.3, 0.4) is 0 Å². The van der Waals surface area contributed by atoms with Gasteiger partial charge in [0.2, 0.25) is 0 Å². The Kier molecular flexibility index (Phi) is 3.67. The quantitative estimate of drug-likeness (QED) is 0.865. The molecule has 1 heterocycles. The molecule has 2 aliphatic rings. The lowest BCUT2D eigenvalue weighted by Crippen LogP contribution is -2.38. The number of likely N-dealkylation sites (tertiary alicyclic amines) is 1. The Morgan fingerprint density at radius 2 is 1.89 bits per heavy atom. The van der Waals surface area contributed by atoms with Gasteiger partial charge in [0.05, 0.1) is 6.10 Å². The van der Waals surface area contributed by atoms with E-state index < -0.39 is 0 Å². The number of rotatable bonds is 2. The van der Waals surface area contributed by atoms with Gasteiger partial charge in [-0.1, -0.05) is 24.3 Å². The number of benzene rings is 1. The molecule has 3 rings (SSSR count). The summed E-state index contributed by atoms with van der Waals surface area (Å²) in [4.78, 5) is 2.54. The second-order valence-corrected chi connectivity index (χ2v) is 5.82. The van der Waals surface area contributed by atoms with Crippen LogP contribution in [0.2, 0.25) is 0 Å². The molecule has 0 amide bonds. The number of piperidine rings is 1. The van der Waals surface area contributed by atoms with Gasteiger partial charge in [0, 0.05) is 19.6 Å². The average molecular weight is 245 g/mol. The van der Waals surface area contributed by atoms with Crippen LogP contribution >= 0.6 is 0 Å². The first-order valence-electron chi connectivity index (χ1n) is 7.31. The molecule has 1 N–H and O–H groups in total. The van der Waals surface area contributed by atoms with Gasteiger partial charge in [0.15, 0.2) is 0 Å². The van der Waals surface area contributed by atoms with E-state index in [1.54, 1.807) is 11.1 Å². The van der Waals surface area contributed by atoms with Crippen molar-refractivity contribution in [1.82, 2.24) is 4.90 Å². The summed E-state index contributed by atoms with van der Waals surface area (Å²) in [6.45, 7) is 3.32. The van der Waals surface area contributed by atoms with Gasteiger partial charge in [-0.15, -0.1) is 0 Å². The number of hydrogen-bond donors (Lipinski definition) is 1. The third kappa shape index (κ3) is 2.60. The number of nitrogens with zero attached hydrogens (tertiary/aromatic N) is 1. The normalized spacial score (nSPS) is 25.9. The second-order valence-electron chi connectivity index (χ2n) is 5.82. The van der Waals surface area contributed by atoms with E-state index in [0.29, 0.717) is 5.92 Å². The smallest absolute Gasteiger partial charge is 0.0564 e. The number of hydrogen-bond acceptors (Lipinski definition) is 2. The molecule has 2 heteroatoms. The Balaban J connectivity index is 1.67. The SMILES string of the molecule is OC1CCN(C[C@@H]2CCCc3ccccc32)CC1. The molecule has 0 unspecified atom stereocenters. The second kappa shape index (κ2) is 5.41. The van der Waals surface area contributed by atoms with Crippen molar-refractivity contribution in [2.75, 3.05) is 19.6 Å². The van der Waals surface area contributed by atoms with E-state index in [9.17, 15) is 5.11 Å². The van der Waals surface area contributed by atoms with Crippen molar-refractivity contribution in [3.8, 4) is 0 Å². The van der Waals surface area contributed by atoms with Crippen molar-refractivity contribution in [3.63, 3.8) is 0 Å². The lowest BCUT2D eigenvalue weighted by Gasteiger charge is -2.34. The van der Waals surface area contributed by atoms with Gasteiger partial charge in [-0.05, 0) is 49.1 Å². The van der Waals surface area contributed by atoms with Crippen molar-refractivity contribution in [3.05, 3.63) is 35.4 Å². The lowest BCUT2D eigenvalue weighted by molar-refractivity contribution is 0.0786.